The monoisotopic (exact) mass is 224 g/mol. The lowest BCUT2D eigenvalue weighted by Gasteiger charge is -2.21. The van der Waals surface area contributed by atoms with Crippen molar-refractivity contribution >= 4 is 11.6 Å². The van der Waals surface area contributed by atoms with E-state index in [0.29, 0.717) is 11.2 Å². The Hall–Kier alpha value is -0.600. The highest BCUT2D eigenvalue weighted by Crippen LogP contribution is 2.33. The second kappa shape index (κ2) is 3.46. The van der Waals surface area contributed by atoms with Gasteiger partial charge < -0.3 is 5.32 Å². The number of pyridine rings is 1. The van der Waals surface area contributed by atoms with Crippen molar-refractivity contribution in [2.75, 3.05) is 0 Å². The van der Waals surface area contributed by atoms with Crippen molar-refractivity contribution in [3.05, 3.63) is 28.0 Å². The van der Waals surface area contributed by atoms with Gasteiger partial charge in [0, 0.05) is 12.6 Å². The van der Waals surface area contributed by atoms with Crippen LogP contribution in [-0.4, -0.2) is 4.98 Å². The van der Waals surface area contributed by atoms with Gasteiger partial charge in [-0.05, 0) is 29.5 Å². The largest absolute Gasteiger partial charge is 0.304 e. The zero-order valence-corrected chi connectivity index (χ0v) is 10.4. The number of rotatable bonds is 0. The van der Waals surface area contributed by atoms with E-state index in [-0.39, 0.29) is 5.41 Å². The average molecular weight is 225 g/mol. The fraction of sp³-hybridized carbons (Fsp3) is 0.583. The number of nitrogens with zero attached hydrogens (tertiary/aromatic N) is 1. The molecule has 1 aromatic heterocycles. The Kier molecular flexibility index (Phi) is 2.52. The van der Waals surface area contributed by atoms with Gasteiger partial charge in [-0.2, -0.15) is 0 Å². The summed E-state index contributed by atoms with van der Waals surface area (Å²) in [5.74, 6) is 0. The number of hydrogen-bond acceptors (Lipinski definition) is 2. The molecular formula is C12H17ClN2. The van der Waals surface area contributed by atoms with Crippen molar-refractivity contribution in [3.8, 4) is 0 Å². The molecular weight excluding hydrogens is 208 g/mol. The topological polar surface area (TPSA) is 24.9 Å². The van der Waals surface area contributed by atoms with E-state index in [1.807, 2.05) is 0 Å². The maximum atomic E-state index is 6.20. The maximum absolute atomic E-state index is 6.20. The standard InChI is InChI=1S/C12H17ClN2/c1-7-8-5-9(12(2,3)4)11(13)15-10(8)6-14-7/h5,7,14H,6H2,1-4H3. The van der Waals surface area contributed by atoms with Crippen molar-refractivity contribution < 1.29 is 0 Å². The molecule has 0 spiro atoms. The molecule has 0 aliphatic carbocycles. The quantitative estimate of drug-likeness (QED) is 0.685. The van der Waals surface area contributed by atoms with E-state index in [1.165, 1.54) is 5.56 Å². The van der Waals surface area contributed by atoms with Crippen LogP contribution in [0.3, 0.4) is 0 Å². The fourth-order valence-corrected chi connectivity index (χ4v) is 2.38. The fourth-order valence-electron chi connectivity index (χ4n) is 1.94. The van der Waals surface area contributed by atoms with Gasteiger partial charge in [0.2, 0.25) is 0 Å². The number of aromatic nitrogens is 1. The molecule has 15 heavy (non-hydrogen) atoms. The molecule has 0 fully saturated rings. The number of hydrogen-bond donors (Lipinski definition) is 1. The van der Waals surface area contributed by atoms with Gasteiger partial charge in [0.25, 0.3) is 0 Å². The second-order valence-electron chi connectivity index (χ2n) is 5.22. The highest BCUT2D eigenvalue weighted by Gasteiger charge is 2.25. The van der Waals surface area contributed by atoms with Gasteiger partial charge in [0.15, 0.2) is 0 Å². The molecule has 0 amide bonds. The van der Waals surface area contributed by atoms with Crippen molar-refractivity contribution in [2.24, 2.45) is 0 Å². The van der Waals surface area contributed by atoms with Gasteiger partial charge in [-0.25, -0.2) is 4.98 Å². The van der Waals surface area contributed by atoms with E-state index < -0.39 is 0 Å². The second-order valence-corrected chi connectivity index (χ2v) is 5.57. The molecule has 2 heterocycles. The molecule has 1 N–H and O–H groups in total. The summed E-state index contributed by atoms with van der Waals surface area (Å²) in [5, 5.41) is 4.02. The Morgan fingerprint density at radius 2 is 2.13 bits per heavy atom. The zero-order valence-electron chi connectivity index (χ0n) is 9.69. The van der Waals surface area contributed by atoms with Gasteiger partial charge in [-0.3, -0.25) is 0 Å². The third-order valence-corrected chi connectivity index (χ3v) is 3.23. The molecule has 0 saturated heterocycles. The molecule has 0 radical (unpaired) electrons. The highest BCUT2D eigenvalue weighted by atomic mass is 35.5. The first-order chi connectivity index (χ1) is 6.89. The van der Waals surface area contributed by atoms with E-state index in [2.05, 4.69) is 44.1 Å². The Bertz CT molecular complexity index is 393. The maximum Gasteiger partial charge on any atom is 0.133 e. The van der Waals surface area contributed by atoms with Crippen molar-refractivity contribution in [1.29, 1.82) is 0 Å². The molecule has 2 rings (SSSR count). The van der Waals surface area contributed by atoms with Crippen LogP contribution in [0, 0.1) is 0 Å². The molecule has 0 aromatic carbocycles. The Morgan fingerprint density at radius 1 is 1.47 bits per heavy atom. The van der Waals surface area contributed by atoms with E-state index in [0.717, 1.165) is 17.8 Å². The first-order valence-corrected chi connectivity index (χ1v) is 5.70. The predicted octanol–water partition coefficient (Wildman–Crippen LogP) is 3.20. The Labute approximate surface area is 96.1 Å². The van der Waals surface area contributed by atoms with Crippen LogP contribution < -0.4 is 5.32 Å². The predicted molar refractivity (Wildman–Crippen MR) is 63.2 cm³/mol. The lowest BCUT2D eigenvalue weighted by molar-refractivity contribution is 0.585. The Balaban J connectivity index is 2.55. The van der Waals surface area contributed by atoms with Gasteiger partial charge in [-0.1, -0.05) is 32.4 Å². The van der Waals surface area contributed by atoms with E-state index >= 15 is 0 Å². The molecule has 0 saturated carbocycles. The van der Waals surface area contributed by atoms with Crippen LogP contribution in [-0.2, 0) is 12.0 Å². The number of nitrogens with one attached hydrogen (secondary N) is 1. The van der Waals surface area contributed by atoms with Gasteiger partial charge in [0.1, 0.15) is 5.15 Å². The SMILES string of the molecule is CC1NCc2nc(Cl)c(C(C)(C)C)cc21. The molecule has 0 bridgehead atoms. The van der Waals surface area contributed by atoms with Crippen LogP contribution in [0.1, 0.15) is 50.6 Å². The normalized spacial score (nSPS) is 20.5. The van der Waals surface area contributed by atoms with Gasteiger partial charge in [-0.15, -0.1) is 0 Å². The first kappa shape index (κ1) is 10.9. The van der Waals surface area contributed by atoms with Gasteiger partial charge in [0.05, 0.1) is 5.69 Å². The summed E-state index contributed by atoms with van der Waals surface area (Å²) in [6.07, 6.45) is 0. The molecule has 1 aliphatic rings. The number of halogens is 1. The summed E-state index contributed by atoms with van der Waals surface area (Å²) in [6, 6.07) is 2.60. The molecule has 1 atom stereocenters. The smallest absolute Gasteiger partial charge is 0.133 e. The summed E-state index contributed by atoms with van der Waals surface area (Å²) >= 11 is 6.20. The number of fused-ring (bicyclic) bond motifs is 1. The van der Waals surface area contributed by atoms with Crippen LogP contribution in [0.25, 0.3) is 0 Å². The van der Waals surface area contributed by atoms with E-state index in [1.54, 1.807) is 0 Å². The third kappa shape index (κ3) is 1.88. The van der Waals surface area contributed by atoms with E-state index in [4.69, 9.17) is 11.6 Å². The van der Waals surface area contributed by atoms with Gasteiger partial charge >= 0.3 is 0 Å². The molecule has 1 aromatic rings. The molecule has 82 valence electrons. The summed E-state index contributed by atoms with van der Waals surface area (Å²) in [4.78, 5) is 4.47. The minimum absolute atomic E-state index is 0.0570. The molecule has 3 heteroatoms. The summed E-state index contributed by atoms with van der Waals surface area (Å²) in [5.41, 5.74) is 3.59. The van der Waals surface area contributed by atoms with Crippen LogP contribution in [0.15, 0.2) is 6.07 Å². The van der Waals surface area contributed by atoms with Crippen molar-refractivity contribution in [2.45, 2.75) is 45.7 Å². The van der Waals surface area contributed by atoms with Crippen LogP contribution in [0.2, 0.25) is 5.15 Å². The van der Waals surface area contributed by atoms with Crippen LogP contribution >= 0.6 is 11.6 Å². The van der Waals surface area contributed by atoms with Crippen LogP contribution in [0.5, 0.6) is 0 Å². The van der Waals surface area contributed by atoms with Crippen LogP contribution in [0.4, 0.5) is 0 Å². The third-order valence-electron chi connectivity index (χ3n) is 2.94. The lowest BCUT2D eigenvalue weighted by atomic mass is 9.87. The lowest BCUT2D eigenvalue weighted by Crippen LogP contribution is -2.14. The minimum Gasteiger partial charge on any atom is -0.304 e. The molecule has 2 nitrogen and oxygen atoms in total. The first-order valence-electron chi connectivity index (χ1n) is 5.33. The minimum atomic E-state index is 0.0570. The highest BCUT2D eigenvalue weighted by molar-refractivity contribution is 6.30. The summed E-state index contributed by atoms with van der Waals surface area (Å²) < 4.78 is 0. The summed E-state index contributed by atoms with van der Waals surface area (Å²) in [6.45, 7) is 9.48. The average Bonchev–Trinajstić information content (AvgIpc) is 2.44. The molecule has 1 unspecified atom stereocenters. The van der Waals surface area contributed by atoms with Crippen molar-refractivity contribution in [3.63, 3.8) is 0 Å². The summed E-state index contributed by atoms with van der Waals surface area (Å²) in [7, 11) is 0. The molecule has 1 aliphatic heterocycles. The Morgan fingerprint density at radius 3 is 2.73 bits per heavy atom. The van der Waals surface area contributed by atoms with Crippen molar-refractivity contribution in [1.82, 2.24) is 10.3 Å². The van der Waals surface area contributed by atoms with E-state index in [9.17, 15) is 0 Å². The zero-order chi connectivity index (χ0) is 11.2.